The van der Waals surface area contributed by atoms with Crippen LogP contribution in [0.5, 0.6) is 0 Å². The fraction of sp³-hybridized carbons (Fsp3) is 0.0536. The molecule has 12 rings (SSSR count). The summed E-state index contributed by atoms with van der Waals surface area (Å²) in [5.74, 6) is 0.455. The molecule has 3 heterocycles. The molecule has 0 aliphatic heterocycles. The Labute approximate surface area is 342 Å². The largest absolute Gasteiger partial charge is 0.254 e. The monoisotopic (exact) mass is 751 g/mol. The van der Waals surface area contributed by atoms with Crippen LogP contribution in [0.2, 0.25) is 0 Å². The molecule has 3 aromatic heterocycles. The van der Waals surface area contributed by atoms with Gasteiger partial charge in [0.15, 0.2) is 0 Å². The molecule has 0 saturated heterocycles. The van der Waals surface area contributed by atoms with Gasteiger partial charge in [-0.3, -0.25) is 9.97 Å². The summed E-state index contributed by atoms with van der Waals surface area (Å²) in [5.41, 5.74) is 14.7. The van der Waals surface area contributed by atoms with Gasteiger partial charge in [-0.25, -0.2) is 4.98 Å². The van der Waals surface area contributed by atoms with Crippen LogP contribution in [0.15, 0.2) is 213 Å². The molecule has 0 saturated carbocycles. The minimum Gasteiger partial charge on any atom is -0.254 e. The number of benzene rings is 7. The van der Waals surface area contributed by atoms with E-state index in [1.54, 1.807) is 0 Å². The molecule has 2 aliphatic rings. The lowest BCUT2D eigenvalue weighted by Crippen LogP contribution is -2.35. The van der Waals surface area contributed by atoms with Gasteiger partial charge in [-0.1, -0.05) is 164 Å². The van der Waals surface area contributed by atoms with E-state index < -0.39 is 0 Å². The smallest absolute Gasteiger partial charge is 0.0970 e. The van der Waals surface area contributed by atoms with Crippen LogP contribution in [0.3, 0.4) is 0 Å². The molecular formula is C56H37N3. The average Bonchev–Trinajstić information content (AvgIpc) is 3.61. The second-order valence-corrected chi connectivity index (χ2v) is 15.9. The van der Waals surface area contributed by atoms with Crippen molar-refractivity contribution < 1.29 is 0 Å². The SMILES string of the molecule is C1=CC2c3cc4c(-c5ccc(-c6ccc(-c7cc8cccnc8c8ncccc78)cc6)cc5)nc5ccccc5c4cc3C(c3ccccc3)(c3ccccc3)C2C=C1. The van der Waals surface area contributed by atoms with E-state index in [-0.39, 0.29) is 17.3 Å². The standard InChI is InChI=1S/C56H37N3/c1-3-14-41(15-4-1)56(42-16-5-2-6-17-42)50-21-9-7-18-43(50)48-34-49-47(35-51(48)56)44-19-8-10-22-52(44)59-53(49)39-29-25-37(26-30-39)36-23-27-38(28-24-36)46-33-40-13-11-31-57-54(40)55-45(46)20-12-32-58-55/h1-35,43,50H. The fourth-order valence-electron chi connectivity index (χ4n) is 10.3. The Bertz CT molecular complexity index is 3270. The van der Waals surface area contributed by atoms with E-state index in [4.69, 9.17) is 9.97 Å². The van der Waals surface area contributed by atoms with Crippen molar-refractivity contribution in [3.05, 3.63) is 235 Å². The van der Waals surface area contributed by atoms with Crippen molar-refractivity contribution in [3.63, 3.8) is 0 Å². The summed E-state index contributed by atoms with van der Waals surface area (Å²) in [7, 11) is 0. The highest BCUT2D eigenvalue weighted by atomic mass is 14.7. The first kappa shape index (κ1) is 33.6. The molecular weight excluding hydrogens is 715 g/mol. The molecule has 2 atom stereocenters. The minimum absolute atomic E-state index is 0.227. The predicted molar refractivity (Wildman–Crippen MR) is 243 cm³/mol. The molecule has 59 heavy (non-hydrogen) atoms. The van der Waals surface area contributed by atoms with Crippen LogP contribution in [-0.2, 0) is 5.41 Å². The summed E-state index contributed by atoms with van der Waals surface area (Å²) in [6, 6.07) is 64.2. The van der Waals surface area contributed by atoms with Crippen LogP contribution in [0.1, 0.15) is 28.2 Å². The second-order valence-electron chi connectivity index (χ2n) is 15.9. The van der Waals surface area contributed by atoms with Crippen LogP contribution in [0, 0.1) is 5.92 Å². The van der Waals surface area contributed by atoms with Crippen LogP contribution >= 0.6 is 0 Å². The maximum Gasteiger partial charge on any atom is 0.0970 e. The van der Waals surface area contributed by atoms with Crippen LogP contribution in [0.4, 0.5) is 0 Å². The number of allylic oxidation sites excluding steroid dienone is 4. The lowest BCUT2D eigenvalue weighted by atomic mass is 9.63. The molecule has 2 unspecified atom stereocenters. The van der Waals surface area contributed by atoms with Gasteiger partial charge in [-0.2, -0.15) is 0 Å². The Hall–Kier alpha value is -7.49. The molecule has 3 nitrogen and oxygen atoms in total. The number of pyridine rings is 3. The van der Waals surface area contributed by atoms with Crippen molar-refractivity contribution in [3.8, 4) is 33.5 Å². The molecule has 0 fully saturated rings. The second kappa shape index (κ2) is 13.3. The number of hydrogen-bond donors (Lipinski definition) is 0. The van der Waals surface area contributed by atoms with E-state index in [1.165, 1.54) is 44.0 Å². The molecule has 7 aromatic carbocycles. The van der Waals surface area contributed by atoms with E-state index in [2.05, 4.69) is 193 Å². The molecule has 276 valence electrons. The Morgan fingerprint density at radius 1 is 0.441 bits per heavy atom. The maximum absolute atomic E-state index is 5.41. The highest BCUT2D eigenvalue weighted by Gasteiger charge is 2.53. The van der Waals surface area contributed by atoms with Gasteiger partial charge in [0.05, 0.1) is 27.7 Å². The zero-order chi connectivity index (χ0) is 38.9. The molecule has 10 aromatic rings. The van der Waals surface area contributed by atoms with Crippen molar-refractivity contribution >= 4 is 43.5 Å². The zero-order valence-corrected chi connectivity index (χ0v) is 32.2. The molecule has 0 amide bonds. The third-order valence-corrected chi connectivity index (χ3v) is 12.9. The molecule has 0 radical (unpaired) electrons. The summed E-state index contributed by atoms with van der Waals surface area (Å²) < 4.78 is 0. The van der Waals surface area contributed by atoms with E-state index in [9.17, 15) is 0 Å². The number of aromatic nitrogens is 3. The van der Waals surface area contributed by atoms with Gasteiger partial charge in [0.2, 0.25) is 0 Å². The van der Waals surface area contributed by atoms with Crippen molar-refractivity contribution in [2.24, 2.45) is 5.92 Å². The number of nitrogens with zero attached hydrogens (tertiary/aromatic N) is 3. The quantitative estimate of drug-likeness (QED) is 0.164. The van der Waals surface area contributed by atoms with E-state index in [0.717, 1.165) is 55.3 Å². The van der Waals surface area contributed by atoms with Gasteiger partial charge in [0.1, 0.15) is 0 Å². The lowest BCUT2D eigenvalue weighted by Gasteiger charge is -2.38. The number of hydrogen-bond acceptors (Lipinski definition) is 3. The van der Waals surface area contributed by atoms with Crippen LogP contribution < -0.4 is 0 Å². The predicted octanol–water partition coefficient (Wildman–Crippen LogP) is 13.7. The van der Waals surface area contributed by atoms with Gasteiger partial charge >= 0.3 is 0 Å². The first-order valence-electron chi connectivity index (χ1n) is 20.4. The van der Waals surface area contributed by atoms with E-state index in [0.29, 0.717) is 0 Å². The molecule has 0 spiro atoms. The Balaban J connectivity index is 0.989. The molecule has 2 aliphatic carbocycles. The average molecular weight is 752 g/mol. The molecule has 0 N–H and O–H groups in total. The highest BCUT2D eigenvalue weighted by molar-refractivity contribution is 6.12. The van der Waals surface area contributed by atoms with Crippen molar-refractivity contribution in [2.75, 3.05) is 0 Å². The van der Waals surface area contributed by atoms with Crippen molar-refractivity contribution in [1.82, 2.24) is 15.0 Å². The van der Waals surface area contributed by atoms with Crippen molar-refractivity contribution in [2.45, 2.75) is 11.3 Å². The summed E-state index contributed by atoms with van der Waals surface area (Å²) in [6.45, 7) is 0. The first-order valence-corrected chi connectivity index (χ1v) is 20.4. The van der Waals surface area contributed by atoms with Gasteiger partial charge < -0.3 is 0 Å². The maximum atomic E-state index is 5.41. The number of para-hydroxylation sites is 1. The highest BCUT2D eigenvalue weighted by Crippen LogP contribution is 2.60. The van der Waals surface area contributed by atoms with Gasteiger partial charge in [0, 0.05) is 51.3 Å². The Morgan fingerprint density at radius 3 is 1.80 bits per heavy atom. The molecule has 3 heteroatoms. The summed E-state index contributed by atoms with van der Waals surface area (Å²) >= 11 is 0. The normalized spacial score (nSPS) is 16.5. The summed E-state index contributed by atoms with van der Waals surface area (Å²) in [5, 5.41) is 5.79. The summed E-state index contributed by atoms with van der Waals surface area (Å²) in [4.78, 5) is 14.8. The van der Waals surface area contributed by atoms with Crippen molar-refractivity contribution in [1.29, 1.82) is 0 Å². The Kier molecular flexibility index (Phi) is 7.58. The topological polar surface area (TPSA) is 38.7 Å². The van der Waals surface area contributed by atoms with Crippen LogP contribution in [-0.4, -0.2) is 15.0 Å². The first-order chi connectivity index (χ1) is 29.3. The van der Waals surface area contributed by atoms with E-state index >= 15 is 0 Å². The third kappa shape index (κ3) is 5.11. The van der Waals surface area contributed by atoms with E-state index in [1.807, 2.05) is 24.5 Å². The fourth-order valence-corrected chi connectivity index (χ4v) is 10.3. The molecule has 0 bridgehead atoms. The van der Waals surface area contributed by atoms with Crippen LogP contribution in [0.25, 0.3) is 77.0 Å². The van der Waals surface area contributed by atoms with Gasteiger partial charge in [-0.15, -0.1) is 0 Å². The minimum atomic E-state index is -0.352. The zero-order valence-electron chi connectivity index (χ0n) is 32.2. The van der Waals surface area contributed by atoms with Gasteiger partial charge in [-0.05, 0) is 86.3 Å². The third-order valence-electron chi connectivity index (χ3n) is 12.9. The Morgan fingerprint density at radius 2 is 1.05 bits per heavy atom. The lowest BCUT2D eigenvalue weighted by molar-refractivity contribution is 0.457. The number of fused-ring (bicyclic) bond motifs is 9. The number of rotatable bonds is 5. The summed E-state index contributed by atoms with van der Waals surface area (Å²) in [6.07, 6.45) is 13.0. The van der Waals surface area contributed by atoms with Gasteiger partial charge in [0.25, 0.3) is 0 Å².